The lowest BCUT2D eigenvalue weighted by molar-refractivity contribution is 0.280. The van der Waals surface area contributed by atoms with Crippen molar-refractivity contribution >= 4 is 5.82 Å². The van der Waals surface area contributed by atoms with Gasteiger partial charge in [-0.3, -0.25) is 0 Å². The van der Waals surface area contributed by atoms with Gasteiger partial charge in [-0.1, -0.05) is 12.5 Å². The number of pyridine rings is 1. The first-order valence-electron chi connectivity index (χ1n) is 6.60. The molecule has 1 saturated carbocycles. The van der Waals surface area contributed by atoms with E-state index < -0.39 is 0 Å². The molecule has 2 unspecified atom stereocenters. The van der Waals surface area contributed by atoms with Crippen molar-refractivity contribution in [2.75, 3.05) is 18.0 Å². The maximum Gasteiger partial charge on any atom is 0.128 e. The summed E-state index contributed by atoms with van der Waals surface area (Å²) in [4.78, 5) is 7.04. The van der Waals surface area contributed by atoms with Crippen LogP contribution in [0.2, 0.25) is 0 Å². The van der Waals surface area contributed by atoms with E-state index in [2.05, 4.69) is 16.0 Å². The number of aromatic nitrogens is 1. The van der Waals surface area contributed by atoms with Crippen molar-refractivity contribution in [3.63, 3.8) is 0 Å². The van der Waals surface area contributed by atoms with Crippen molar-refractivity contribution in [3.05, 3.63) is 23.4 Å². The molecule has 1 aliphatic carbocycles. The Kier molecular flexibility index (Phi) is 2.79. The van der Waals surface area contributed by atoms with Gasteiger partial charge in [-0.25, -0.2) is 4.98 Å². The third kappa shape index (κ3) is 1.93. The number of aryl methyl sites for hydroxylation is 1. The van der Waals surface area contributed by atoms with Crippen molar-refractivity contribution in [1.82, 2.24) is 4.98 Å². The highest BCUT2D eigenvalue weighted by Gasteiger charge is 2.36. The van der Waals surface area contributed by atoms with Crippen molar-refractivity contribution in [2.45, 2.75) is 32.8 Å². The largest absolute Gasteiger partial charge is 0.392 e. The predicted octanol–water partition coefficient (Wildman–Crippen LogP) is 2.12. The molecule has 3 rings (SSSR count). The summed E-state index contributed by atoms with van der Waals surface area (Å²) < 4.78 is 0. The van der Waals surface area contributed by atoms with Crippen LogP contribution in [0, 0.1) is 18.8 Å². The smallest absolute Gasteiger partial charge is 0.128 e. The Hall–Kier alpha value is -1.09. The molecule has 92 valence electrons. The second kappa shape index (κ2) is 4.30. The predicted molar refractivity (Wildman–Crippen MR) is 67.9 cm³/mol. The van der Waals surface area contributed by atoms with Crippen molar-refractivity contribution in [3.8, 4) is 0 Å². The SMILES string of the molecule is Cc1nc(N2CC3CCCC3C2)ccc1CO. The molecule has 2 fully saturated rings. The summed E-state index contributed by atoms with van der Waals surface area (Å²) in [6, 6.07) is 4.06. The van der Waals surface area contributed by atoms with E-state index in [-0.39, 0.29) is 6.61 Å². The van der Waals surface area contributed by atoms with E-state index in [0.29, 0.717) is 0 Å². The molecule has 2 heterocycles. The van der Waals surface area contributed by atoms with E-state index in [1.54, 1.807) is 0 Å². The molecule has 0 bridgehead atoms. The third-order valence-electron chi connectivity index (χ3n) is 4.40. The number of rotatable bonds is 2. The lowest BCUT2D eigenvalue weighted by Crippen LogP contribution is -2.22. The number of hydrogen-bond acceptors (Lipinski definition) is 3. The summed E-state index contributed by atoms with van der Waals surface area (Å²) in [6.07, 6.45) is 4.21. The Morgan fingerprint density at radius 2 is 2.00 bits per heavy atom. The fraction of sp³-hybridized carbons (Fsp3) is 0.643. The summed E-state index contributed by atoms with van der Waals surface area (Å²) in [5, 5.41) is 9.15. The van der Waals surface area contributed by atoms with E-state index in [0.717, 1.165) is 28.9 Å². The standard InChI is InChI=1S/C14H20N2O/c1-10-13(9-17)5-6-14(15-10)16-7-11-3-2-4-12(11)8-16/h5-6,11-12,17H,2-4,7-9H2,1H3. The molecule has 0 spiro atoms. The summed E-state index contributed by atoms with van der Waals surface area (Å²) in [6.45, 7) is 4.42. The number of anilines is 1. The second-order valence-electron chi connectivity index (χ2n) is 5.43. The number of hydrogen-bond donors (Lipinski definition) is 1. The fourth-order valence-corrected chi connectivity index (χ4v) is 3.34. The average Bonchev–Trinajstić information content (AvgIpc) is 2.88. The zero-order valence-corrected chi connectivity index (χ0v) is 10.4. The molecule has 3 nitrogen and oxygen atoms in total. The highest BCUT2D eigenvalue weighted by Crippen LogP contribution is 2.39. The molecule has 0 aromatic carbocycles. The van der Waals surface area contributed by atoms with E-state index in [1.807, 2.05) is 13.0 Å². The third-order valence-corrected chi connectivity index (χ3v) is 4.40. The monoisotopic (exact) mass is 232 g/mol. The second-order valence-corrected chi connectivity index (χ2v) is 5.43. The van der Waals surface area contributed by atoms with Gasteiger partial charge in [0.2, 0.25) is 0 Å². The van der Waals surface area contributed by atoms with Crippen LogP contribution in [0.1, 0.15) is 30.5 Å². The van der Waals surface area contributed by atoms with Gasteiger partial charge in [0.1, 0.15) is 5.82 Å². The van der Waals surface area contributed by atoms with Crippen molar-refractivity contribution in [1.29, 1.82) is 0 Å². The van der Waals surface area contributed by atoms with Gasteiger partial charge in [0.05, 0.1) is 6.61 Å². The van der Waals surface area contributed by atoms with Gasteiger partial charge in [0, 0.05) is 18.8 Å². The summed E-state index contributed by atoms with van der Waals surface area (Å²) in [5.41, 5.74) is 1.90. The molecule has 1 aromatic rings. The Morgan fingerprint density at radius 1 is 1.29 bits per heavy atom. The highest BCUT2D eigenvalue weighted by molar-refractivity contribution is 5.43. The molecule has 0 radical (unpaired) electrons. The number of nitrogens with zero attached hydrogens (tertiary/aromatic N) is 2. The summed E-state index contributed by atoms with van der Waals surface area (Å²) in [7, 11) is 0. The minimum atomic E-state index is 0.0877. The zero-order chi connectivity index (χ0) is 11.8. The lowest BCUT2D eigenvalue weighted by atomic mass is 10.0. The minimum Gasteiger partial charge on any atom is -0.392 e. The Balaban J connectivity index is 1.79. The van der Waals surface area contributed by atoms with Crippen LogP contribution in [0.5, 0.6) is 0 Å². The van der Waals surface area contributed by atoms with Crippen LogP contribution in [-0.2, 0) is 6.61 Å². The highest BCUT2D eigenvalue weighted by atomic mass is 16.3. The molecular formula is C14H20N2O. The summed E-state index contributed by atoms with van der Waals surface area (Å²) in [5.74, 6) is 2.89. The van der Waals surface area contributed by atoms with Crippen LogP contribution in [0.4, 0.5) is 5.82 Å². The van der Waals surface area contributed by atoms with Crippen LogP contribution in [-0.4, -0.2) is 23.2 Å². The van der Waals surface area contributed by atoms with Gasteiger partial charge in [-0.15, -0.1) is 0 Å². The van der Waals surface area contributed by atoms with Gasteiger partial charge in [0.25, 0.3) is 0 Å². The molecule has 0 amide bonds. The number of aliphatic hydroxyl groups is 1. The maximum absolute atomic E-state index is 9.15. The summed E-state index contributed by atoms with van der Waals surface area (Å²) >= 11 is 0. The molecule has 3 heteroatoms. The number of fused-ring (bicyclic) bond motifs is 1. The first-order valence-corrected chi connectivity index (χ1v) is 6.60. The van der Waals surface area contributed by atoms with E-state index in [1.165, 1.54) is 32.4 Å². The molecule has 1 saturated heterocycles. The minimum absolute atomic E-state index is 0.0877. The van der Waals surface area contributed by atoms with Gasteiger partial charge >= 0.3 is 0 Å². The average molecular weight is 232 g/mol. The van der Waals surface area contributed by atoms with Crippen molar-refractivity contribution in [2.24, 2.45) is 11.8 Å². The Bertz CT molecular complexity index is 407. The van der Waals surface area contributed by atoms with Gasteiger partial charge in [0.15, 0.2) is 0 Å². The van der Waals surface area contributed by atoms with Crippen LogP contribution in [0.3, 0.4) is 0 Å². The molecule has 2 aliphatic rings. The zero-order valence-electron chi connectivity index (χ0n) is 10.4. The van der Waals surface area contributed by atoms with Gasteiger partial charge in [-0.05, 0) is 43.2 Å². The molecule has 2 atom stereocenters. The van der Waals surface area contributed by atoms with Crippen molar-refractivity contribution < 1.29 is 5.11 Å². The Labute approximate surface area is 102 Å². The van der Waals surface area contributed by atoms with Crippen LogP contribution in [0.25, 0.3) is 0 Å². The lowest BCUT2D eigenvalue weighted by Gasteiger charge is -2.19. The van der Waals surface area contributed by atoms with Gasteiger partial charge in [-0.2, -0.15) is 0 Å². The first-order chi connectivity index (χ1) is 8.28. The quantitative estimate of drug-likeness (QED) is 0.848. The first kappa shape index (κ1) is 11.0. The molecule has 17 heavy (non-hydrogen) atoms. The molecular weight excluding hydrogens is 212 g/mol. The van der Waals surface area contributed by atoms with Crippen LogP contribution < -0.4 is 4.90 Å². The topological polar surface area (TPSA) is 36.4 Å². The van der Waals surface area contributed by atoms with Crippen LogP contribution in [0.15, 0.2) is 12.1 Å². The Morgan fingerprint density at radius 3 is 2.59 bits per heavy atom. The van der Waals surface area contributed by atoms with Gasteiger partial charge < -0.3 is 10.0 Å². The normalized spacial score (nSPS) is 27.5. The fourth-order valence-electron chi connectivity index (χ4n) is 3.34. The van der Waals surface area contributed by atoms with Crippen LogP contribution >= 0.6 is 0 Å². The molecule has 1 aromatic heterocycles. The molecule has 1 aliphatic heterocycles. The van der Waals surface area contributed by atoms with E-state index in [9.17, 15) is 0 Å². The number of aliphatic hydroxyl groups excluding tert-OH is 1. The van der Waals surface area contributed by atoms with E-state index >= 15 is 0 Å². The maximum atomic E-state index is 9.15. The van der Waals surface area contributed by atoms with E-state index in [4.69, 9.17) is 5.11 Å². The molecule has 1 N–H and O–H groups in total.